The lowest BCUT2D eigenvalue weighted by Crippen LogP contribution is -2.28. The van der Waals surface area contributed by atoms with Crippen molar-refractivity contribution in [1.29, 1.82) is 0 Å². The van der Waals surface area contributed by atoms with Crippen LogP contribution in [-0.2, 0) is 11.2 Å². The maximum Gasteiger partial charge on any atom is 0.230 e. The third-order valence-corrected chi connectivity index (χ3v) is 5.49. The lowest BCUT2D eigenvalue weighted by atomic mass is 10.1. The number of amides is 1. The molecule has 0 aliphatic heterocycles. The molecule has 1 atom stereocenters. The van der Waals surface area contributed by atoms with E-state index in [4.69, 9.17) is 4.74 Å². The molecule has 1 aromatic heterocycles. The van der Waals surface area contributed by atoms with E-state index in [1.165, 1.54) is 17.3 Å². The number of thioether (sulfide) groups is 1. The third-order valence-electron chi connectivity index (χ3n) is 4.55. The molecule has 0 aliphatic rings. The number of para-hydroxylation sites is 1. The zero-order chi connectivity index (χ0) is 20.6. The Morgan fingerprint density at radius 2 is 1.93 bits per heavy atom. The van der Waals surface area contributed by atoms with Gasteiger partial charge in [0.2, 0.25) is 5.91 Å². The number of carbonyl (C=O) groups is 1. The molecule has 152 valence electrons. The van der Waals surface area contributed by atoms with Crippen molar-refractivity contribution in [2.45, 2.75) is 38.4 Å². The maximum absolute atomic E-state index is 12.4. The van der Waals surface area contributed by atoms with Crippen molar-refractivity contribution in [1.82, 2.24) is 20.1 Å². The average Bonchev–Trinajstić information content (AvgIpc) is 3.21. The summed E-state index contributed by atoms with van der Waals surface area (Å²) in [7, 11) is 0. The molecule has 1 unspecified atom stereocenters. The molecule has 0 saturated heterocycles. The van der Waals surface area contributed by atoms with Gasteiger partial charge in [-0.3, -0.25) is 9.36 Å². The summed E-state index contributed by atoms with van der Waals surface area (Å²) in [6.45, 7) is 6.68. The first-order valence-corrected chi connectivity index (χ1v) is 10.7. The van der Waals surface area contributed by atoms with E-state index in [0.717, 1.165) is 23.4 Å². The van der Waals surface area contributed by atoms with Crippen molar-refractivity contribution in [3.05, 3.63) is 66.0 Å². The Kier molecular flexibility index (Phi) is 7.30. The highest BCUT2D eigenvalue weighted by atomic mass is 32.2. The van der Waals surface area contributed by atoms with Gasteiger partial charge >= 0.3 is 0 Å². The van der Waals surface area contributed by atoms with Gasteiger partial charge in [-0.15, -0.1) is 10.2 Å². The largest absolute Gasteiger partial charge is 0.494 e. The number of hydrogen-bond acceptors (Lipinski definition) is 5. The molecule has 7 heteroatoms. The standard InChI is InChI=1S/C22H26N4O2S/c1-4-17-8-6-7-9-20(17)26-15-23-25-22(26)29-14-21(27)24-16(3)18-10-12-19(13-11-18)28-5-2/h6-13,15-16H,4-5,14H2,1-3H3,(H,24,27). The van der Waals surface area contributed by atoms with Gasteiger partial charge in [0.1, 0.15) is 12.1 Å². The summed E-state index contributed by atoms with van der Waals surface area (Å²) in [5.41, 5.74) is 3.29. The monoisotopic (exact) mass is 410 g/mol. The van der Waals surface area contributed by atoms with Crippen molar-refractivity contribution < 1.29 is 9.53 Å². The number of aromatic nitrogens is 3. The number of benzene rings is 2. The molecule has 1 heterocycles. The van der Waals surface area contributed by atoms with Crippen LogP contribution in [0.5, 0.6) is 5.75 Å². The molecule has 1 N–H and O–H groups in total. The van der Waals surface area contributed by atoms with Crippen LogP contribution in [0.2, 0.25) is 0 Å². The van der Waals surface area contributed by atoms with E-state index in [1.54, 1.807) is 6.33 Å². The fraction of sp³-hybridized carbons (Fsp3) is 0.318. The van der Waals surface area contributed by atoms with Crippen molar-refractivity contribution in [2.75, 3.05) is 12.4 Å². The Labute approximate surface area is 175 Å². The van der Waals surface area contributed by atoms with Gasteiger partial charge in [-0.05, 0) is 49.6 Å². The second kappa shape index (κ2) is 10.1. The van der Waals surface area contributed by atoms with Crippen molar-refractivity contribution in [3.63, 3.8) is 0 Å². The Morgan fingerprint density at radius 3 is 2.66 bits per heavy atom. The minimum atomic E-state index is -0.0857. The summed E-state index contributed by atoms with van der Waals surface area (Å²) in [5, 5.41) is 12.0. The molecule has 1 amide bonds. The Hall–Kier alpha value is -2.80. The van der Waals surface area contributed by atoms with Crippen LogP contribution in [0.4, 0.5) is 0 Å². The minimum absolute atomic E-state index is 0.0466. The fourth-order valence-corrected chi connectivity index (χ4v) is 3.78. The molecule has 29 heavy (non-hydrogen) atoms. The van der Waals surface area contributed by atoms with E-state index in [1.807, 2.05) is 60.9 Å². The molecule has 3 rings (SSSR count). The third kappa shape index (κ3) is 5.38. The van der Waals surface area contributed by atoms with E-state index < -0.39 is 0 Å². The fourth-order valence-electron chi connectivity index (χ4n) is 3.05. The normalized spacial score (nSPS) is 11.8. The number of aryl methyl sites for hydroxylation is 1. The smallest absolute Gasteiger partial charge is 0.230 e. The minimum Gasteiger partial charge on any atom is -0.494 e. The number of rotatable bonds is 9. The van der Waals surface area contributed by atoms with Crippen molar-refractivity contribution in [3.8, 4) is 11.4 Å². The summed E-state index contributed by atoms with van der Waals surface area (Å²) >= 11 is 1.38. The van der Waals surface area contributed by atoms with E-state index in [0.29, 0.717) is 11.8 Å². The van der Waals surface area contributed by atoms with E-state index >= 15 is 0 Å². The molecular formula is C22H26N4O2S. The maximum atomic E-state index is 12.4. The average molecular weight is 411 g/mol. The predicted octanol–water partition coefficient (Wildman–Crippen LogP) is 4.20. The second-order valence-corrected chi connectivity index (χ2v) is 7.49. The second-order valence-electron chi connectivity index (χ2n) is 6.55. The quantitative estimate of drug-likeness (QED) is 0.536. The zero-order valence-corrected chi connectivity index (χ0v) is 17.8. The van der Waals surface area contributed by atoms with Gasteiger partial charge in [0.25, 0.3) is 0 Å². The van der Waals surface area contributed by atoms with Gasteiger partial charge in [-0.25, -0.2) is 0 Å². The van der Waals surface area contributed by atoms with Gasteiger partial charge in [-0.1, -0.05) is 49.0 Å². The molecule has 0 saturated carbocycles. The molecular weight excluding hydrogens is 384 g/mol. The first-order valence-electron chi connectivity index (χ1n) is 9.75. The SMILES string of the molecule is CCOc1ccc(C(C)NC(=O)CSc2nncn2-c2ccccc2CC)cc1. The molecule has 0 radical (unpaired) electrons. The van der Waals surface area contributed by atoms with Crippen LogP contribution in [0.15, 0.2) is 60.0 Å². The number of ether oxygens (including phenoxy) is 1. The lowest BCUT2D eigenvalue weighted by Gasteiger charge is -2.15. The van der Waals surface area contributed by atoms with Crippen LogP contribution in [0, 0.1) is 0 Å². The summed E-state index contributed by atoms with van der Waals surface area (Å²) in [4.78, 5) is 12.4. The number of nitrogens with one attached hydrogen (secondary N) is 1. The highest BCUT2D eigenvalue weighted by Crippen LogP contribution is 2.23. The van der Waals surface area contributed by atoms with Gasteiger partial charge in [0.05, 0.1) is 24.1 Å². The van der Waals surface area contributed by atoms with E-state index in [9.17, 15) is 4.79 Å². The van der Waals surface area contributed by atoms with E-state index in [2.05, 4.69) is 28.5 Å². The van der Waals surface area contributed by atoms with Crippen molar-refractivity contribution >= 4 is 17.7 Å². The van der Waals surface area contributed by atoms with E-state index in [-0.39, 0.29) is 17.7 Å². The Morgan fingerprint density at radius 1 is 1.17 bits per heavy atom. The van der Waals surface area contributed by atoms with Gasteiger partial charge in [-0.2, -0.15) is 0 Å². The highest BCUT2D eigenvalue weighted by molar-refractivity contribution is 7.99. The Balaban J connectivity index is 1.59. The van der Waals surface area contributed by atoms with Crippen LogP contribution in [0.25, 0.3) is 5.69 Å². The molecule has 0 fully saturated rings. The molecule has 6 nitrogen and oxygen atoms in total. The van der Waals surface area contributed by atoms with Crippen LogP contribution in [0.3, 0.4) is 0 Å². The topological polar surface area (TPSA) is 69.0 Å². The number of carbonyl (C=O) groups excluding carboxylic acids is 1. The zero-order valence-electron chi connectivity index (χ0n) is 17.0. The first-order chi connectivity index (χ1) is 14.1. The summed E-state index contributed by atoms with van der Waals surface area (Å²) in [6, 6.07) is 15.9. The lowest BCUT2D eigenvalue weighted by molar-refractivity contribution is -0.119. The molecule has 0 bridgehead atoms. The number of nitrogens with zero attached hydrogens (tertiary/aromatic N) is 3. The van der Waals surface area contributed by atoms with Gasteiger partial charge in [0, 0.05) is 0 Å². The van der Waals surface area contributed by atoms with Crippen LogP contribution >= 0.6 is 11.8 Å². The summed E-state index contributed by atoms with van der Waals surface area (Å²) in [5.74, 6) is 1.06. The van der Waals surface area contributed by atoms with Crippen LogP contribution in [-0.4, -0.2) is 33.0 Å². The van der Waals surface area contributed by atoms with Gasteiger partial charge in [0.15, 0.2) is 5.16 Å². The van der Waals surface area contributed by atoms with Gasteiger partial charge < -0.3 is 10.1 Å². The van der Waals surface area contributed by atoms with Crippen molar-refractivity contribution in [2.24, 2.45) is 0 Å². The van der Waals surface area contributed by atoms with Crippen LogP contribution < -0.4 is 10.1 Å². The summed E-state index contributed by atoms with van der Waals surface area (Å²) in [6.07, 6.45) is 2.61. The molecule has 3 aromatic rings. The predicted molar refractivity (Wildman–Crippen MR) is 116 cm³/mol. The summed E-state index contributed by atoms with van der Waals surface area (Å²) < 4.78 is 7.40. The molecule has 0 aliphatic carbocycles. The molecule has 0 spiro atoms. The number of hydrogen-bond donors (Lipinski definition) is 1. The van der Waals surface area contributed by atoms with Crippen LogP contribution in [0.1, 0.15) is 37.9 Å². The molecule has 2 aromatic carbocycles. The first kappa shape index (κ1) is 20.9. The Bertz CT molecular complexity index is 940. The highest BCUT2D eigenvalue weighted by Gasteiger charge is 2.14.